The second kappa shape index (κ2) is 7.42. The molecule has 1 amide bonds. The van der Waals surface area contributed by atoms with Gasteiger partial charge in [-0.25, -0.2) is 0 Å². The predicted octanol–water partition coefficient (Wildman–Crippen LogP) is 2.99. The summed E-state index contributed by atoms with van der Waals surface area (Å²) in [6.45, 7) is 3.68. The SMILES string of the molecule is O=C(c1ccccc1)c1ccccc1C(=O)N1CC[C@@H]2CNC[C@@H]2CC1. The van der Waals surface area contributed by atoms with Crippen LogP contribution in [0, 0.1) is 11.8 Å². The summed E-state index contributed by atoms with van der Waals surface area (Å²) in [5.74, 6) is 1.24. The van der Waals surface area contributed by atoms with Crippen molar-refractivity contribution in [2.24, 2.45) is 11.8 Å². The van der Waals surface area contributed by atoms with E-state index in [1.807, 2.05) is 35.2 Å². The molecule has 0 aromatic heterocycles. The number of fused-ring (bicyclic) bond motifs is 1. The van der Waals surface area contributed by atoms with Crippen molar-refractivity contribution in [3.05, 3.63) is 71.3 Å². The Morgan fingerprint density at radius 1 is 0.808 bits per heavy atom. The Labute approximate surface area is 154 Å². The summed E-state index contributed by atoms with van der Waals surface area (Å²) in [6, 6.07) is 16.4. The first-order chi connectivity index (χ1) is 12.7. The Morgan fingerprint density at radius 2 is 1.38 bits per heavy atom. The first-order valence-corrected chi connectivity index (χ1v) is 9.43. The summed E-state index contributed by atoms with van der Waals surface area (Å²) in [6.07, 6.45) is 2.08. The first-order valence-electron chi connectivity index (χ1n) is 9.43. The number of nitrogens with one attached hydrogen (secondary N) is 1. The summed E-state index contributed by atoms with van der Waals surface area (Å²) < 4.78 is 0. The molecule has 2 fully saturated rings. The molecule has 0 aliphatic carbocycles. The van der Waals surface area contributed by atoms with Crippen LogP contribution in [0.3, 0.4) is 0 Å². The molecule has 4 heteroatoms. The molecule has 134 valence electrons. The number of nitrogens with zero attached hydrogens (tertiary/aromatic N) is 1. The number of hydrogen-bond acceptors (Lipinski definition) is 3. The second-order valence-corrected chi connectivity index (χ2v) is 7.29. The molecular weight excluding hydrogens is 324 g/mol. The van der Waals surface area contributed by atoms with Gasteiger partial charge in [-0.05, 0) is 43.8 Å². The Morgan fingerprint density at radius 3 is 2.04 bits per heavy atom. The molecule has 26 heavy (non-hydrogen) atoms. The predicted molar refractivity (Wildman–Crippen MR) is 101 cm³/mol. The highest BCUT2D eigenvalue weighted by Crippen LogP contribution is 2.28. The number of hydrogen-bond donors (Lipinski definition) is 1. The van der Waals surface area contributed by atoms with Gasteiger partial charge in [-0.15, -0.1) is 0 Å². The third-order valence-electron chi connectivity index (χ3n) is 5.74. The fourth-order valence-corrected chi connectivity index (χ4v) is 4.20. The highest BCUT2D eigenvalue weighted by molar-refractivity contribution is 6.15. The van der Waals surface area contributed by atoms with Gasteiger partial charge >= 0.3 is 0 Å². The first kappa shape index (κ1) is 17.0. The van der Waals surface area contributed by atoms with Crippen LogP contribution in [0.15, 0.2) is 54.6 Å². The van der Waals surface area contributed by atoms with Gasteiger partial charge in [0.2, 0.25) is 0 Å². The van der Waals surface area contributed by atoms with Gasteiger partial charge in [0.05, 0.1) is 5.56 Å². The van der Waals surface area contributed by atoms with E-state index >= 15 is 0 Å². The second-order valence-electron chi connectivity index (χ2n) is 7.29. The lowest BCUT2D eigenvalue weighted by Crippen LogP contribution is -2.33. The van der Waals surface area contributed by atoms with Crippen LogP contribution in [0.2, 0.25) is 0 Å². The molecule has 4 nitrogen and oxygen atoms in total. The molecule has 0 spiro atoms. The quantitative estimate of drug-likeness (QED) is 0.868. The lowest BCUT2D eigenvalue weighted by molar-refractivity contribution is 0.0754. The van der Waals surface area contributed by atoms with Crippen molar-refractivity contribution in [2.75, 3.05) is 26.2 Å². The number of carbonyl (C=O) groups is 2. The van der Waals surface area contributed by atoms with Crippen molar-refractivity contribution in [1.82, 2.24) is 10.2 Å². The van der Waals surface area contributed by atoms with Gasteiger partial charge in [-0.1, -0.05) is 48.5 Å². The summed E-state index contributed by atoms with van der Waals surface area (Å²) in [4.78, 5) is 28.0. The minimum Gasteiger partial charge on any atom is -0.339 e. The van der Waals surface area contributed by atoms with Gasteiger partial charge in [-0.3, -0.25) is 9.59 Å². The average Bonchev–Trinajstić information content (AvgIpc) is 3.06. The van der Waals surface area contributed by atoms with E-state index in [1.54, 1.807) is 24.3 Å². The molecular formula is C22H24N2O2. The lowest BCUT2D eigenvalue weighted by atomic mass is 9.92. The van der Waals surface area contributed by atoms with Gasteiger partial charge in [0, 0.05) is 24.2 Å². The van der Waals surface area contributed by atoms with Crippen molar-refractivity contribution < 1.29 is 9.59 Å². The zero-order chi connectivity index (χ0) is 17.9. The standard InChI is InChI=1S/C22H24N2O2/c25-21(16-6-2-1-3-7-16)19-8-4-5-9-20(19)22(26)24-12-10-17-14-23-15-18(17)11-13-24/h1-9,17-18,23H,10-15H2/t17-,18+. The molecule has 2 aromatic carbocycles. The highest BCUT2D eigenvalue weighted by Gasteiger charge is 2.32. The maximum Gasteiger partial charge on any atom is 0.254 e. The van der Waals surface area contributed by atoms with Crippen molar-refractivity contribution in [3.63, 3.8) is 0 Å². The van der Waals surface area contributed by atoms with Crippen molar-refractivity contribution in [3.8, 4) is 0 Å². The lowest BCUT2D eigenvalue weighted by Gasteiger charge is -2.22. The van der Waals surface area contributed by atoms with E-state index in [0.717, 1.165) is 39.0 Å². The highest BCUT2D eigenvalue weighted by atomic mass is 16.2. The van der Waals surface area contributed by atoms with Crippen LogP contribution in [0.4, 0.5) is 0 Å². The molecule has 2 aliphatic rings. The summed E-state index contributed by atoms with van der Waals surface area (Å²) in [7, 11) is 0. The third kappa shape index (κ3) is 3.29. The molecule has 2 heterocycles. The normalized spacial score (nSPS) is 22.5. The van der Waals surface area contributed by atoms with E-state index in [1.165, 1.54) is 0 Å². The number of rotatable bonds is 3. The molecule has 2 atom stereocenters. The van der Waals surface area contributed by atoms with Crippen LogP contribution in [-0.4, -0.2) is 42.8 Å². The van der Waals surface area contributed by atoms with Gasteiger partial charge in [0.15, 0.2) is 5.78 Å². The van der Waals surface area contributed by atoms with Gasteiger partial charge < -0.3 is 10.2 Å². The molecule has 0 unspecified atom stereocenters. The minimum absolute atomic E-state index is 0.0159. The zero-order valence-corrected chi connectivity index (χ0v) is 14.9. The molecule has 1 N–H and O–H groups in total. The topological polar surface area (TPSA) is 49.4 Å². The minimum atomic E-state index is -0.0922. The fraction of sp³-hybridized carbons (Fsp3) is 0.364. The maximum absolute atomic E-state index is 13.2. The summed E-state index contributed by atoms with van der Waals surface area (Å²) >= 11 is 0. The summed E-state index contributed by atoms with van der Waals surface area (Å²) in [5, 5.41) is 3.46. The number of benzene rings is 2. The van der Waals surface area contributed by atoms with Crippen LogP contribution >= 0.6 is 0 Å². The molecule has 4 rings (SSSR count). The van der Waals surface area contributed by atoms with E-state index in [2.05, 4.69) is 5.32 Å². The zero-order valence-electron chi connectivity index (χ0n) is 14.9. The van der Waals surface area contributed by atoms with Crippen LogP contribution in [-0.2, 0) is 0 Å². The Balaban J connectivity index is 1.58. The van der Waals surface area contributed by atoms with Crippen LogP contribution in [0.25, 0.3) is 0 Å². The number of carbonyl (C=O) groups excluding carboxylic acids is 2. The fourth-order valence-electron chi connectivity index (χ4n) is 4.20. The monoisotopic (exact) mass is 348 g/mol. The van der Waals surface area contributed by atoms with Gasteiger partial charge in [-0.2, -0.15) is 0 Å². The number of amides is 1. The number of likely N-dealkylation sites (tertiary alicyclic amines) is 1. The van der Waals surface area contributed by atoms with E-state index in [0.29, 0.717) is 28.5 Å². The largest absolute Gasteiger partial charge is 0.339 e. The molecule has 2 saturated heterocycles. The summed E-state index contributed by atoms with van der Waals surface area (Å²) in [5.41, 5.74) is 1.63. The molecule has 0 saturated carbocycles. The number of ketones is 1. The Kier molecular flexibility index (Phi) is 4.85. The van der Waals surface area contributed by atoms with E-state index in [4.69, 9.17) is 0 Å². The Hall–Kier alpha value is -2.46. The van der Waals surface area contributed by atoms with Crippen molar-refractivity contribution in [1.29, 1.82) is 0 Å². The van der Waals surface area contributed by atoms with Crippen molar-refractivity contribution >= 4 is 11.7 Å². The average molecular weight is 348 g/mol. The molecule has 2 aromatic rings. The third-order valence-corrected chi connectivity index (χ3v) is 5.74. The maximum atomic E-state index is 13.2. The van der Waals surface area contributed by atoms with Gasteiger partial charge in [0.25, 0.3) is 5.91 Å². The van der Waals surface area contributed by atoms with Gasteiger partial charge in [0.1, 0.15) is 0 Å². The molecule has 0 radical (unpaired) electrons. The van der Waals surface area contributed by atoms with E-state index in [-0.39, 0.29) is 11.7 Å². The Bertz CT molecular complexity index is 789. The van der Waals surface area contributed by atoms with E-state index in [9.17, 15) is 9.59 Å². The molecule has 2 aliphatic heterocycles. The van der Waals surface area contributed by atoms with Crippen LogP contribution in [0.5, 0.6) is 0 Å². The van der Waals surface area contributed by atoms with E-state index < -0.39 is 0 Å². The van der Waals surface area contributed by atoms with Crippen molar-refractivity contribution in [2.45, 2.75) is 12.8 Å². The van der Waals surface area contributed by atoms with Crippen LogP contribution < -0.4 is 5.32 Å². The smallest absolute Gasteiger partial charge is 0.254 e. The molecule has 0 bridgehead atoms. The van der Waals surface area contributed by atoms with Crippen LogP contribution in [0.1, 0.15) is 39.1 Å².